The summed E-state index contributed by atoms with van der Waals surface area (Å²) in [6.07, 6.45) is 4.59. The average Bonchev–Trinajstić information content (AvgIpc) is 2.75. The maximum Gasteiger partial charge on any atom is 0.221 e. The zero-order valence-electron chi connectivity index (χ0n) is 10.9. The first-order valence-electron chi connectivity index (χ1n) is 6.38. The minimum Gasteiger partial charge on any atom is -0.356 e. The molecule has 0 saturated carbocycles. The number of aromatic nitrogens is 3. The average molecular weight is 281 g/mol. The Balaban J connectivity index is 2.23. The maximum atomic E-state index is 11.6. The van der Waals surface area contributed by atoms with Crippen LogP contribution in [0.25, 0.3) is 11.0 Å². The molecule has 2 aromatic heterocycles. The summed E-state index contributed by atoms with van der Waals surface area (Å²) in [5.41, 5.74) is 1.85. The number of amides is 1. The SMILES string of the molecule is CCNC(=O)CCn1c(CCCl)nc2cnccc21. The van der Waals surface area contributed by atoms with Gasteiger partial charge in [-0.3, -0.25) is 9.78 Å². The summed E-state index contributed by atoms with van der Waals surface area (Å²) in [6, 6.07) is 1.91. The summed E-state index contributed by atoms with van der Waals surface area (Å²) < 4.78 is 2.05. The molecule has 0 atom stereocenters. The van der Waals surface area contributed by atoms with Gasteiger partial charge < -0.3 is 9.88 Å². The molecular formula is C13H17ClN4O. The number of nitrogens with one attached hydrogen (secondary N) is 1. The highest BCUT2D eigenvalue weighted by Crippen LogP contribution is 2.16. The van der Waals surface area contributed by atoms with E-state index in [0.717, 1.165) is 16.9 Å². The first-order valence-corrected chi connectivity index (χ1v) is 6.91. The number of pyridine rings is 1. The van der Waals surface area contributed by atoms with E-state index in [9.17, 15) is 4.79 Å². The second-order valence-corrected chi connectivity index (χ2v) is 4.56. The van der Waals surface area contributed by atoms with Crippen LogP contribution in [0.3, 0.4) is 0 Å². The molecule has 0 spiro atoms. The van der Waals surface area contributed by atoms with Crippen LogP contribution in [0.1, 0.15) is 19.2 Å². The molecule has 0 aliphatic carbocycles. The van der Waals surface area contributed by atoms with Crippen LogP contribution in [0, 0.1) is 0 Å². The third-order valence-electron chi connectivity index (χ3n) is 2.88. The number of hydrogen-bond donors (Lipinski definition) is 1. The van der Waals surface area contributed by atoms with Crippen molar-refractivity contribution in [2.75, 3.05) is 12.4 Å². The highest BCUT2D eigenvalue weighted by Gasteiger charge is 2.11. The van der Waals surface area contributed by atoms with Crippen molar-refractivity contribution < 1.29 is 4.79 Å². The van der Waals surface area contributed by atoms with Gasteiger partial charge in [0.2, 0.25) is 5.91 Å². The van der Waals surface area contributed by atoms with Gasteiger partial charge in [-0.25, -0.2) is 4.98 Å². The van der Waals surface area contributed by atoms with Gasteiger partial charge in [-0.15, -0.1) is 11.6 Å². The zero-order chi connectivity index (χ0) is 13.7. The lowest BCUT2D eigenvalue weighted by atomic mass is 10.3. The summed E-state index contributed by atoms with van der Waals surface area (Å²) >= 11 is 5.80. The van der Waals surface area contributed by atoms with Gasteiger partial charge in [0.1, 0.15) is 11.3 Å². The molecule has 0 aliphatic heterocycles. The molecule has 0 radical (unpaired) electrons. The molecule has 6 heteroatoms. The topological polar surface area (TPSA) is 59.8 Å². The Hall–Kier alpha value is -1.62. The number of fused-ring (bicyclic) bond motifs is 1. The van der Waals surface area contributed by atoms with Gasteiger partial charge in [0, 0.05) is 38.0 Å². The summed E-state index contributed by atoms with van der Waals surface area (Å²) in [5, 5.41) is 2.80. The van der Waals surface area contributed by atoms with Crippen molar-refractivity contribution in [1.82, 2.24) is 19.9 Å². The predicted octanol–water partition coefficient (Wildman–Crippen LogP) is 1.74. The van der Waals surface area contributed by atoms with Crippen LogP contribution in [-0.2, 0) is 17.8 Å². The molecule has 0 aromatic carbocycles. The molecular weight excluding hydrogens is 264 g/mol. The van der Waals surface area contributed by atoms with Gasteiger partial charge in [0.15, 0.2) is 0 Å². The second-order valence-electron chi connectivity index (χ2n) is 4.19. The normalized spacial score (nSPS) is 10.8. The van der Waals surface area contributed by atoms with Gasteiger partial charge in [-0.05, 0) is 13.0 Å². The van der Waals surface area contributed by atoms with E-state index in [-0.39, 0.29) is 5.91 Å². The van der Waals surface area contributed by atoms with Crippen LogP contribution in [0.5, 0.6) is 0 Å². The number of alkyl halides is 1. The van der Waals surface area contributed by atoms with E-state index >= 15 is 0 Å². The van der Waals surface area contributed by atoms with Crippen LogP contribution in [0.2, 0.25) is 0 Å². The lowest BCUT2D eigenvalue weighted by Gasteiger charge is -2.08. The fourth-order valence-electron chi connectivity index (χ4n) is 2.06. The minimum absolute atomic E-state index is 0.0511. The Kier molecular flexibility index (Phi) is 4.74. The van der Waals surface area contributed by atoms with Crippen molar-refractivity contribution in [2.24, 2.45) is 0 Å². The van der Waals surface area contributed by atoms with E-state index in [0.29, 0.717) is 31.8 Å². The highest BCUT2D eigenvalue weighted by atomic mass is 35.5. The number of halogens is 1. The number of carbonyl (C=O) groups is 1. The van der Waals surface area contributed by atoms with Gasteiger partial charge >= 0.3 is 0 Å². The van der Waals surface area contributed by atoms with Gasteiger partial charge in [0.25, 0.3) is 0 Å². The molecule has 1 amide bonds. The number of aryl methyl sites for hydroxylation is 2. The summed E-state index contributed by atoms with van der Waals surface area (Å²) in [4.78, 5) is 20.1. The lowest BCUT2D eigenvalue weighted by Crippen LogP contribution is -2.24. The van der Waals surface area contributed by atoms with E-state index in [2.05, 4.69) is 19.9 Å². The first kappa shape index (κ1) is 13.8. The van der Waals surface area contributed by atoms with Gasteiger partial charge in [0.05, 0.1) is 11.7 Å². The number of rotatable bonds is 6. The fraction of sp³-hybridized carbons (Fsp3) is 0.462. The Morgan fingerprint density at radius 3 is 3.11 bits per heavy atom. The number of carbonyl (C=O) groups excluding carboxylic acids is 1. The molecule has 0 aliphatic rings. The smallest absolute Gasteiger partial charge is 0.221 e. The Morgan fingerprint density at radius 1 is 1.53 bits per heavy atom. The Labute approximate surface area is 117 Å². The van der Waals surface area contributed by atoms with Gasteiger partial charge in [-0.2, -0.15) is 0 Å². The van der Waals surface area contributed by atoms with Crippen molar-refractivity contribution in [2.45, 2.75) is 26.3 Å². The third-order valence-corrected chi connectivity index (χ3v) is 3.07. The predicted molar refractivity (Wildman–Crippen MR) is 75.3 cm³/mol. The molecule has 102 valence electrons. The minimum atomic E-state index is 0.0511. The van der Waals surface area contributed by atoms with Crippen molar-refractivity contribution in [3.63, 3.8) is 0 Å². The van der Waals surface area contributed by atoms with E-state index in [1.54, 1.807) is 12.4 Å². The molecule has 2 heterocycles. The summed E-state index contributed by atoms with van der Waals surface area (Å²) in [7, 11) is 0. The zero-order valence-corrected chi connectivity index (χ0v) is 11.7. The van der Waals surface area contributed by atoms with E-state index < -0.39 is 0 Å². The molecule has 19 heavy (non-hydrogen) atoms. The van der Waals surface area contributed by atoms with Crippen LogP contribution < -0.4 is 5.32 Å². The van der Waals surface area contributed by atoms with E-state index in [4.69, 9.17) is 11.6 Å². The van der Waals surface area contributed by atoms with E-state index in [1.165, 1.54) is 0 Å². The number of hydrogen-bond acceptors (Lipinski definition) is 3. The Bertz CT molecular complexity index is 567. The fourth-order valence-corrected chi connectivity index (χ4v) is 2.22. The molecule has 2 rings (SSSR count). The van der Waals surface area contributed by atoms with E-state index in [1.807, 2.05) is 13.0 Å². The quantitative estimate of drug-likeness (QED) is 0.820. The molecule has 5 nitrogen and oxygen atoms in total. The molecule has 0 bridgehead atoms. The highest BCUT2D eigenvalue weighted by molar-refractivity contribution is 6.17. The summed E-state index contributed by atoms with van der Waals surface area (Å²) in [6.45, 7) is 3.18. The largest absolute Gasteiger partial charge is 0.356 e. The van der Waals surface area contributed by atoms with Crippen LogP contribution in [0.4, 0.5) is 0 Å². The Morgan fingerprint density at radius 2 is 2.37 bits per heavy atom. The second kappa shape index (κ2) is 6.52. The maximum absolute atomic E-state index is 11.6. The molecule has 0 saturated heterocycles. The standard InChI is InChI=1S/C13H17ClN4O/c1-2-16-13(19)5-8-18-11-4-7-15-9-10(11)17-12(18)3-6-14/h4,7,9H,2-3,5-6,8H2,1H3,(H,16,19). The lowest BCUT2D eigenvalue weighted by molar-refractivity contribution is -0.121. The van der Waals surface area contributed by atoms with Crippen molar-refractivity contribution in [3.05, 3.63) is 24.3 Å². The van der Waals surface area contributed by atoms with Crippen molar-refractivity contribution >= 4 is 28.5 Å². The third kappa shape index (κ3) is 3.23. The number of imidazole rings is 1. The van der Waals surface area contributed by atoms with Crippen LogP contribution in [-0.4, -0.2) is 32.9 Å². The van der Waals surface area contributed by atoms with Gasteiger partial charge in [-0.1, -0.05) is 0 Å². The summed E-state index contributed by atoms with van der Waals surface area (Å²) in [5.74, 6) is 1.47. The van der Waals surface area contributed by atoms with Crippen LogP contribution >= 0.6 is 11.6 Å². The monoisotopic (exact) mass is 280 g/mol. The van der Waals surface area contributed by atoms with Crippen LogP contribution in [0.15, 0.2) is 18.5 Å². The van der Waals surface area contributed by atoms with Crippen molar-refractivity contribution in [3.8, 4) is 0 Å². The molecule has 2 aromatic rings. The van der Waals surface area contributed by atoms with Crippen molar-refractivity contribution in [1.29, 1.82) is 0 Å². The molecule has 0 unspecified atom stereocenters. The first-order chi connectivity index (χ1) is 9.26. The number of nitrogens with zero attached hydrogens (tertiary/aromatic N) is 3. The molecule has 1 N–H and O–H groups in total. The molecule has 0 fully saturated rings.